The fourth-order valence-electron chi connectivity index (χ4n) is 3.38. The molecule has 0 bridgehead atoms. The van der Waals surface area contributed by atoms with Crippen molar-refractivity contribution >= 4 is 21.5 Å². The van der Waals surface area contributed by atoms with Crippen molar-refractivity contribution < 1.29 is 13.3 Å². The van der Waals surface area contributed by atoms with E-state index < -0.39 is 14.9 Å². The van der Waals surface area contributed by atoms with Crippen molar-refractivity contribution in [3.63, 3.8) is 0 Å². The Morgan fingerprint density at radius 1 is 0.933 bits per heavy atom. The molecule has 1 aromatic carbocycles. The molecule has 1 fully saturated rings. The molecule has 1 aliphatic rings. The molecule has 2 aromatic heterocycles. The molecule has 0 atom stereocenters. The summed E-state index contributed by atoms with van der Waals surface area (Å²) < 4.78 is 27.0. The minimum Gasteiger partial charge on any atom is -0.354 e. The zero-order valence-corrected chi connectivity index (χ0v) is 16.8. The van der Waals surface area contributed by atoms with Crippen LogP contribution in [0.1, 0.15) is 0 Å². The van der Waals surface area contributed by atoms with Gasteiger partial charge in [0.2, 0.25) is 10.0 Å². The van der Waals surface area contributed by atoms with Crippen molar-refractivity contribution in [2.45, 2.75) is 4.90 Å². The summed E-state index contributed by atoms with van der Waals surface area (Å²) in [6, 6.07) is 15.2. The third-order valence-corrected chi connectivity index (χ3v) is 6.82. The summed E-state index contributed by atoms with van der Waals surface area (Å²) in [7, 11) is -3.60. The molecule has 0 unspecified atom stereocenters. The first-order valence-electron chi connectivity index (χ1n) is 9.33. The summed E-state index contributed by atoms with van der Waals surface area (Å²) in [4.78, 5) is 21.5. The average Bonchev–Trinajstić information content (AvgIpc) is 2.80. The molecule has 0 N–H and O–H groups in total. The summed E-state index contributed by atoms with van der Waals surface area (Å²) in [5.74, 6) is 0.581. The smallest absolute Gasteiger partial charge is 0.295 e. The standard InChI is InChI=1S/C20H19N5O4S/c26-25(27)18-8-9-19(22-20(18)16-5-2-1-3-6-16)23-11-13-24(14-12-23)30(28,29)17-7-4-10-21-15-17/h1-10,15H,11-14H2. The van der Waals surface area contributed by atoms with Crippen molar-refractivity contribution in [1.29, 1.82) is 0 Å². The van der Waals surface area contributed by atoms with Gasteiger partial charge >= 0.3 is 0 Å². The molecule has 1 aliphatic heterocycles. The zero-order chi connectivity index (χ0) is 21.1. The van der Waals surface area contributed by atoms with E-state index in [4.69, 9.17) is 0 Å². The largest absolute Gasteiger partial charge is 0.354 e. The van der Waals surface area contributed by atoms with Crippen molar-refractivity contribution in [1.82, 2.24) is 14.3 Å². The van der Waals surface area contributed by atoms with E-state index in [-0.39, 0.29) is 23.7 Å². The minimum absolute atomic E-state index is 0.0669. The van der Waals surface area contributed by atoms with E-state index in [0.29, 0.717) is 30.2 Å². The first-order chi connectivity index (χ1) is 14.5. The van der Waals surface area contributed by atoms with Gasteiger partial charge in [0.05, 0.1) is 4.92 Å². The number of nitro groups is 1. The maximum atomic E-state index is 12.8. The predicted molar refractivity (Wildman–Crippen MR) is 112 cm³/mol. The van der Waals surface area contributed by atoms with Gasteiger partial charge in [0.1, 0.15) is 10.7 Å². The van der Waals surface area contributed by atoms with Gasteiger partial charge in [-0.15, -0.1) is 0 Å². The lowest BCUT2D eigenvalue weighted by molar-refractivity contribution is -0.384. The lowest BCUT2D eigenvalue weighted by Gasteiger charge is -2.34. The molecule has 0 spiro atoms. The summed E-state index contributed by atoms with van der Waals surface area (Å²) in [5, 5.41) is 11.4. The lowest BCUT2D eigenvalue weighted by atomic mass is 10.1. The topological polar surface area (TPSA) is 110 Å². The molecule has 30 heavy (non-hydrogen) atoms. The first-order valence-corrected chi connectivity index (χ1v) is 10.8. The van der Waals surface area contributed by atoms with Gasteiger partial charge in [-0.1, -0.05) is 30.3 Å². The van der Waals surface area contributed by atoms with Crippen LogP contribution >= 0.6 is 0 Å². The quantitative estimate of drug-likeness (QED) is 0.456. The van der Waals surface area contributed by atoms with E-state index in [9.17, 15) is 18.5 Å². The molecule has 1 saturated heterocycles. The Hall–Kier alpha value is -3.37. The highest BCUT2D eigenvalue weighted by Gasteiger charge is 2.29. The number of nitrogens with zero attached hydrogens (tertiary/aromatic N) is 5. The lowest BCUT2D eigenvalue weighted by Crippen LogP contribution is -2.48. The normalized spacial score (nSPS) is 15.1. The van der Waals surface area contributed by atoms with Crippen LogP contribution in [0.3, 0.4) is 0 Å². The zero-order valence-electron chi connectivity index (χ0n) is 16.0. The second-order valence-corrected chi connectivity index (χ2v) is 8.68. The number of pyridine rings is 2. The van der Waals surface area contributed by atoms with Gasteiger partial charge in [0, 0.05) is 50.2 Å². The van der Waals surface area contributed by atoms with Crippen LogP contribution < -0.4 is 4.90 Å². The number of piperazine rings is 1. The Labute approximate surface area is 173 Å². The number of anilines is 1. The molecule has 154 valence electrons. The fourth-order valence-corrected chi connectivity index (χ4v) is 4.77. The van der Waals surface area contributed by atoms with Crippen LogP contribution in [-0.2, 0) is 10.0 Å². The number of sulfonamides is 1. The van der Waals surface area contributed by atoms with Crippen LogP contribution in [0, 0.1) is 10.1 Å². The summed E-state index contributed by atoms with van der Waals surface area (Å²) >= 11 is 0. The maximum absolute atomic E-state index is 12.8. The Kier molecular flexibility index (Phi) is 5.42. The molecule has 10 heteroatoms. The third-order valence-electron chi connectivity index (χ3n) is 4.94. The molecule has 0 amide bonds. The predicted octanol–water partition coefficient (Wildman–Crippen LogP) is 2.56. The molecular formula is C20H19N5O4S. The Morgan fingerprint density at radius 2 is 1.67 bits per heavy atom. The van der Waals surface area contributed by atoms with Crippen LogP contribution in [0.2, 0.25) is 0 Å². The summed E-state index contributed by atoms with van der Waals surface area (Å²) in [6.45, 7) is 1.43. The van der Waals surface area contributed by atoms with Crippen LogP contribution in [0.4, 0.5) is 11.5 Å². The number of aromatic nitrogens is 2. The van der Waals surface area contributed by atoms with E-state index in [1.807, 2.05) is 11.0 Å². The second-order valence-electron chi connectivity index (χ2n) is 6.74. The SMILES string of the molecule is O=[N+]([O-])c1ccc(N2CCN(S(=O)(=O)c3cccnc3)CC2)nc1-c1ccccc1. The van der Waals surface area contributed by atoms with Crippen LogP contribution in [-0.4, -0.2) is 53.8 Å². The monoisotopic (exact) mass is 425 g/mol. The highest BCUT2D eigenvalue weighted by molar-refractivity contribution is 7.89. The van der Waals surface area contributed by atoms with Gasteiger partial charge < -0.3 is 4.90 Å². The number of rotatable bonds is 5. The fraction of sp³-hybridized carbons (Fsp3) is 0.200. The Balaban J connectivity index is 1.56. The molecule has 3 heterocycles. The van der Waals surface area contributed by atoms with E-state index >= 15 is 0 Å². The number of benzene rings is 1. The number of hydrogen-bond donors (Lipinski definition) is 0. The summed E-state index contributed by atoms with van der Waals surface area (Å²) in [5.41, 5.74) is 0.884. The second kappa shape index (κ2) is 8.17. The number of hydrogen-bond acceptors (Lipinski definition) is 7. The molecule has 0 saturated carbocycles. The van der Waals surface area contributed by atoms with Crippen molar-refractivity contribution in [2.75, 3.05) is 31.1 Å². The maximum Gasteiger partial charge on any atom is 0.295 e. The third kappa shape index (κ3) is 3.87. The van der Waals surface area contributed by atoms with E-state index in [1.165, 1.54) is 28.8 Å². The van der Waals surface area contributed by atoms with Gasteiger partial charge in [-0.3, -0.25) is 15.1 Å². The molecule has 4 rings (SSSR count). The van der Waals surface area contributed by atoms with Crippen LogP contribution in [0.5, 0.6) is 0 Å². The molecule has 3 aromatic rings. The molecule has 0 radical (unpaired) electrons. The Morgan fingerprint density at radius 3 is 2.30 bits per heavy atom. The molecule has 0 aliphatic carbocycles. The molecule has 9 nitrogen and oxygen atoms in total. The van der Waals surface area contributed by atoms with Gasteiger partial charge in [0.15, 0.2) is 5.69 Å². The minimum atomic E-state index is -3.60. The van der Waals surface area contributed by atoms with Gasteiger partial charge in [-0.25, -0.2) is 13.4 Å². The van der Waals surface area contributed by atoms with Crippen LogP contribution in [0.25, 0.3) is 11.3 Å². The van der Waals surface area contributed by atoms with E-state index in [1.54, 1.807) is 36.4 Å². The Bertz CT molecular complexity index is 1150. The van der Waals surface area contributed by atoms with Crippen LogP contribution in [0.15, 0.2) is 71.9 Å². The van der Waals surface area contributed by atoms with E-state index in [2.05, 4.69) is 9.97 Å². The highest BCUT2D eigenvalue weighted by Crippen LogP contribution is 2.30. The summed E-state index contributed by atoms with van der Waals surface area (Å²) in [6.07, 6.45) is 2.87. The van der Waals surface area contributed by atoms with Gasteiger partial charge in [-0.2, -0.15) is 4.31 Å². The average molecular weight is 425 g/mol. The van der Waals surface area contributed by atoms with Crippen molar-refractivity contribution in [3.05, 3.63) is 77.1 Å². The van der Waals surface area contributed by atoms with Gasteiger partial charge in [0.25, 0.3) is 5.69 Å². The molecular weight excluding hydrogens is 406 g/mol. The van der Waals surface area contributed by atoms with Gasteiger partial charge in [-0.05, 0) is 18.2 Å². The van der Waals surface area contributed by atoms with Crippen molar-refractivity contribution in [2.24, 2.45) is 0 Å². The highest BCUT2D eigenvalue weighted by atomic mass is 32.2. The first kappa shape index (κ1) is 19.9. The van der Waals surface area contributed by atoms with E-state index in [0.717, 1.165) is 0 Å². The van der Waals surface area contributed by atoms with Crippen molar-refractivity contribution in [3.8, 4) is 11.3 Å².